The molecule has 0 unspecified atom stereocenters. The number of amides is 3. The van der Waals surface area contributed by atoms with Gasteiger partial charge >= 0.3 is 12.5 Å². The Kier molecular flexibility index (Phi) is 6.40. The second-order valence-corrected chi connectivity index (χ2v) is 7.86. The number of alkyl halides is 2. The lowest BCUT2D eigenvalue weighted by atomic mass is 10.2. The smallest absolute Gasteiger partial charge is 0.414 e. The summed E-state index contributed by atoms with van der Waals surface area (Å²) in [5, 5.41) is 5.75. The molecule has 174 valence electrons. The van der Waals surface area contributed by atoms with Crippen LogP contribution in [-0.4, -0.2) is 86.3 Å². The van der Waals surface area contributed by atoms with Gasteiger partial charge in [-0.3, -0.25) is 19.5 Å². The molecule has 0 bridgehead atoms. The molecule has 0 spiro atoms. The molecular weight excluding hydrogens is 431 g/mol. The molecule has 0 saturated carbocycles. The minimum Gasteiger partial charge on any atom is -0.442 e. The van der Waals surface area contributed by atoms with Crippen molar-refractivity contribution in [2.75, 3.05) is 55.6 Å². The first-order valence-electron chi connectivity index (χ1n) is 10.5. The van der Waals surface area contributed by atoms with Crippen LogP contribution in [0.3, 0.4) is 0 Å². The van der Waals surface area contributed by atoms with Crippen molar-refractivity contribution in [3.8, 4) is 0 Å². The first-order valence-corrected chi connectivity index (χ1v) is 10.5. The molecule has 1 atom stereocenters. The topological polar surface area (TPSA) is 85.4 Å². The predicted molar refractivity (Wildman–Crippen MR) is 108 cm³/mol. The molecule has 32 heavy (non-hydrogen) atoms. The third-order valence-corrected chi connectivity index (χ3v) is 5.81. The zero-order chi connectivity index (χ0) is 22.8. The molecule has 3 saturated heterocycles. The van der Waals surface area contributed by atoms with Crippen LogP contribution >= 0.6 is 0 Å². The fraction of sp³-hybridized carbons (Fsp3) is 0.550. The number of carbonyl (C=O) groups is 3. The highest BCUT2D eigenvalue weighted by molar-refractivity contribution is 5.90. The molecule has 0 radical (unpaired) electrons. The van der Waals surface area contributed by atoms with Gasteiger partial charge in [0, 0.05) is 32.6 Å². The summed E-state index contributed by atoms with van der Waals surface area (Å²) in [4.78, 5) is 38.3. The van der Waals surface area contributed by atoms with Crippen LogP contribution < -0.4 is 15.1 Å². The maximum absolute atomic E-state index is 15.0. The van der Waals surface area contributed by atoms with Gasteiger partial charge in [-0.25, -0.2) is 14.2 Å². The second kappa shape index (κ2) is 9.23. The lowest BCUT2D eigenvalue weighted by Gasteiger charge is -2.36. The van der Waals surface area contributed by atoms with E-state index in [1.807, 2.05) is 15.2 Å². The number of ether oxygens (including phenoxy) is 1. The van der Waals surface area contributed by atoms with E-state index in [1.54, 1.807) is 17.1 Å². The maximum atomic E-state index is 15.0. The van der Waals surface area contributed by atoms with E-state index in [-0.39, 0.29) is 24.7 Å². The first kappa shape index (κ1) is 22.2. The molecule has 1 N–H and O–H groups in total. The summed E-state index contributed by atoms with van der Waals surface area (Å²) in [5.41, 5.74) is 0.640. The van der Waals surface area contributed by atoms with Crippen LogP contribution in [0.1, 0.15) is 12.8 Å². The highest BCUT2D eigenvalue weighted by Crippen LogP contribution is 2.29. The molecule has 4 rings (SSSR count). The van der Waals surface area contributed by atoms with E-state index in [2.05, 4.69) is 0 Å². The Balaban J connectivity index is 1.40. The van der Waals surface area contributed by atoms with Crippen molar-refractivity contribution in [2.45, 2.75) is 25.4 Å². The Morgan fingerprint density at radius 3 is 2.69 bits per heavy atom. The van der Waals surface area contributed by atoms with Crippen molar-refractivity contribution < 1.29 is 32.3 Å². The van der Waals surface area contributed by atoms with Gasteiger partial charge in [0.05, 0.1) is 31.0 Å². The fourth-order valence-corrected chi connectivity index (χ4v) is 4.17. The predicted octanol–water partition coefficient (Wildman–Crippen LogP) is 1.19. The molecule has 1 aromatic carbocycles. The maximum Gasteiger partial charge on any atom is 0.414 e. The monoisotopic (exact) mass is 455 g/mol. The first-order chi connectivity index (χ1) is 15.3. The van der Waals surface area contributed by atoms with Gasteiger partial charge in [-0.05, 0) is 24.6 Å². The zero-order valence-electron chi connectivity index (χ0n) is 17.3. The van der Waals surface area contributed by atoms with Crippen LogP contribution in [-0.2, 0) is 14.3 Å². The Morgan fingerprint density at radius 2 is 1.94 bits per heavy atom. The third kappa shape index (κ3) is 4.59. The van der Waals surface area contributed by atoms with Crippen LogP contribution in [0, 0.1) is 5.82 Å². The molecule has 3 heterocycles. The number of cyclic esters (lactones) is 1. The Bertz CT molecular complexity index is 902. The number of rotatable bonds is 5. The molecule has 12 heteroatoms. The number of hydrogen-bond donors (Lipinski definition) is 1. The molecule has 9 nitrogen and oxygen atoms in total. The number of anilines is 2. The molecule has 0 aromatic heterocycles. The van der Waals surface area contributed by atoms with Crippen molar-refractivity contribution in [2.24, 2.45) is 0 Å². The Morgan fingerprint density at radius 1 is 1.16 bits per heavy atom. The van der Waals surface area contributed by atoms with Crippen molar-refractivity contribution in [3.05, 3.63) is 24.0 Å². The standard InChI is InChI=1S/C20H24F3N5O4/c21-15-10-13(27-12-14(32-20(27)31)11-24-19(30)18(22)23)3-4-16(15)25-6-8-26-5-1-2-17(29)28(26)9-7-25/h3-4,10,14,18H,1-2,5-9,11-12H2,(H,24,30)/t14-/m0/s1. The zero-order valence-corrected chi connectivity index (χ0v) is 17.3. The summed E-state index contributed by atoms with van der Waals surface area (Å²) in [5.74, 6) is -1.88. The van der Waals surface area contributed by atoms with Gasteiger partial charge in [0.15, 0.2) is 0 Å². The number of carbonyl (C=O) groups excluding carboxylic acids is 3. The second-order valence-electron chi connectivity index (χ2n) is 7.86. The van der Waals surface area contributed by atoms with E-state index in [0.717, 1.165) is 13.0 Å². The number of fused-ring (bicyclic) bond motifs is 1. The minimum absolute atomic E-state index is 0.00309. The van der Waals surface area contributed by atoms with E-state index in [0.29, 0.717) is 38.3 Å². The number of benzene rings is 1. The van der Waals surface area contributed by atoms with Crippen molar-refractivity contribution in [1.29, 1.82) is 0 Å². The molecule has 0 aliphatic carbocycles. The van der Waals surface area contributed by atoms with Crippen LogP contribution in [0.2, 0.25) is 0 Å². The summed E-state index contributed by atoms with van der Waals surface area (Å²) >= 11 is 0. The molecule has 1 aromatic rings. The van der Waals surface area contributed by atoms with Crippen LogP contribution in [0.4, 0.5) is 29.3 Å². The Labute approximate surface area is 182 Å². The van der Waals surface area contributed by atoms with Gasteiger partial charge in [-0.2, -0.15) is 8.78 Å². The molecule has 3 aliphatic heterocycles. The molecular formula is C20H24F3N5O4. The summed E-state index contributed by atoms with van der Waals surface area (Å²) in [6, 6.07) is 4.38. The van der Waals surface area contributed by atoms with Crippen molar-refractivity contribution in [1.82, 2.24) is 15.3 Å². The number of nitrogens with one attached hydrogen (secondary N) is 1. The van der Waals surface area contributed by atoms with Crippen LogP contribution in [0.5, 0.6) is 0 Å². The van der Waals surface area contributed by atoms with E-state index < -0.39 is 30.3 Å². The normalized spacial score (nSPS) is 22.1. The fourth-order valence-electron chi connectivity index (χ4n) is 4.17. The van der Waals surface area contributed by atoms with Gasteiger partial charge in [-0.15, -0.1) is 0 Å². The molecule has 3 fully saturated rings. The van der Waals surface area contributed by atoms with Gasteiger partial charge in [0.2, 0.25) is 5.91 Å². The van der Waals surface area contributed by atoms with Crippen LogP contribution in [0.15, 0.2) is 18.2 Å². The highest BCUT2D eigenvalue weighted by Gasteiger charge is 2.34. The van der Waals surface area contributed by atoms with Gasteiger partial charge < -0.3 is 15.0 Å². The van der Waals surface area contributed by atoms with Gasteiger partial charge in [0.25, 0.3) is 5.91 Å². The summed E-state index contributed by atoms with van der Waals surface area (Å²) in [6.45, 7) is 2.66. The molecule has 3 amide bonds. The quantitative estimate of drug-likeness (QED) is 0.718. The van der Waals surface area contributed by atoms with E-state index in [9.17, 15) is 27.6 Å². The lowest BCUT2D eigenvalue weighted by molar-refractivity contribution is -0.153. The van der Waals surface area contributed by atoms with E-state index in [4.69, 9.17) is 4.74 Å². The minimum atomic E-state index is -3.15. The third-order valence-electron chi connectivity index (χ3n) is 5.81. The largest absolute Gasteiger partial charge is 0.442 e. The van der Waals surface area contributed by atoms with Crippen molar-refractivity contribution >= 4 is 29.3 Å². The molecule has 3 aliphatic rings. The van der Waals surface area contributed by atoms with Crippen molar-refractivity contribution in [3.63, 3.8) is 0 Å². The summed E-state index contributed by atoms with van der Waals surface area (Å²) in [6.07, 6.45) is -3.37. The van der Waals surface area contributed by atoms with E-state index in [1.165, 1.54) is 11.0 Å². The Hall–Kier alpha value is -3.02. The summed E-state index contributed by atoms with van der Waals surface area (Å²) < 4.78 is 44.6. The van der Waals surface area contributed by atoms with E-state index >= 15 is 0 Å². The lowest BCUT2D eigenvalue weighted by Crippen LogP contribution is -2.50. The average Bonchev–Trinajstić information content (AvgIpc) is 2.99. The summed E-state index contributed by atoms with van der Waals surface area (Å²) in [7, 11) is 0. The number of nitrogens with zero attached hydrogens (tertiary/aromatic N) is 4. The van der Waals surface area contributed by atoms with Crippen LogP contribution in [0.25, 0.3) is 0 Å². The van der Waals surface area contributed by atoms with Gasteiger partial charge in [0.1, 0.15) is 11.9 Å². The average molecular weight is 455 g/mol. The number of halogens is 3. The SMILES string of the molecule is O=C(NC[C@H]1CN(c2ccc(N3CCN4CCCC(=O)N4CC3)c(F)c2)C(=O)O1)C(F)F. The number of hydrogen-bond acceptors (Lipinski definition) is 6. The van der Waals surface area contributed by atoms with Gasteiger partial charge in [-0.1, -0.05) is 0 Å². The highest BCUT2D eigenvalue weighted by atomic mass is 19.3. The number of hydrazine groups is 1.